The van der Waals surface area contributed by atoms with Crippen molar-refractivity contribution < 1.29 is 9.53 Å². The maximum absolute atomic E-state index is 11.6. The van der Waals surface area contributed by atoms with Crippen molar-refractivity contribution in [3.05, 3.63) is 28.3 Å². The van der Waals surface area contributed by atoms with E-state index >= 15 is 0 Å². The van der Waals surface area contributed by atoms with Gasteiger partial charge < -0.3 is 10.1 Å². The van der Waals surface area contributed by atoms with E-state index in [2.05, 4.69) is 12.2 Å². The Kier molecular flexibility index (Phi) is 5.45. The normalized spacial score (nSPS) is 10.4. The largest absolute Gasteiger partial charge is 0.375 e. The number of carbonyl (C=O) groups excluding carboxylic acids is 1. The van der Waals surface area contributed by atoms with Gasteiger partial charge in [-0.05, 0) is 30.0 Å². The molecule has 17 heavy (non-hydrogen) atoms. The van der Waals surface area contributed by atoms with Gasteiger partial charge in [0.2, 0.25) is 5.91 Å². The van der Waals surface area contributed by atoms with Crippen LogP contribution in [0.3, 0.4) is 0 Å². The minimum absolute atomic E-state index is 0.0544. The van der Waals surface area contributed by atoms with Gasteiger partial charge in [0.25, 0.3) is 0 Å². The molecule has 0 aliphatic rings. The summed E-state index contributed by atoms with van der Waals surface area (Å²) in [6, 6.07) is 3.83. The second-order valence-corrected chi connectivity index (χ2v) is 4.16. The Morgan fingerprint density at radius 1 is 1.35 bits per heavy atom. The van der Waals surface area contributed by atoms with E-state index in [9.17, 15) is 4.79 Å². The van der Waals surface area contributed by atoms with E-state index in [0.717, 1.165) is 29.7 Å². The lowest BCUT2D eigenvalue weighted by Crippen LogP contribution is -2.19. The first-order valence-electron chi connectivity index (χ1n) is 5.73. The molecule has 0 spiro atoms. The minimum Gasteiger partial charge on any atom is -0.375 e. The summed E-state index contributed by atoms with van der Waals surface area (Å²) in [5.74, 6) is -0.154. The molecule has 1 aromatic rings. The van der Waals surface area contributed by atoms with Gasteiger partial charge in [0.1, 0.15) is 6.61 Å². The zero-order valence-electron chi connectivity index (χ0n) is 10.5. The predicted molar refractivity (Wildman–Crippen MR) is 70.7 cm³/mol. The Bertz CT molecular complexity index is 405. The number of carbonyl (C=O) groups is 1. The van der Waals surface area contributed by atoms with Crippen molar-refractivity contribution in [3.8, 4) is 0 Å². The number of aryl methyl sites for hydroxylation is 1. The number of anilines is 1. The highest BCUT2D eigenvalue weighted by Gasteiger charge is 2.12. The summed E-state index contributed by atoms with van der Waals surface area (Å²) in [6.45, 7) is 4.13. The van der Waals surface area contributed by atoms with Crippen LogP contribution in [-0.2, 0) is 22.4 Å². The molecule has 0 bridgehead atoms. The molecule has 0 atom stereocenters. The quantitative estimate of drug-likeness (QED) is 0.878. The lowest BCUT2D eigenvalue weighted by molar-refractivity contribution is -0.119. The van der Waals surface area contributed by atoms with Crippen molar-refractivity contribution in [1.82, 2.24) is 0 Å². The molecule has 0 heterocycles. The number of ether oxygens (including phenoxy) is 1. The highest BCUT2D eigenvalue weighted by molar-refractivity contribution is 6.32. The average molecular weight is 256 g/mol. The Hall–Kier alpha value is -1.06. The molecule has 0 unspecified atom stereocenters. The van der Waals surface area contributed by atoms with Crippen molar-refractivity contribution in [2.24, 2.45) is 0 Å². The topological polar surface area (TPSA) is 38.3 Å². The highest BCUT2D eigenvalue weighted by atomic mass is 35.5. The molecule has 0 aromatic heterocycles. The summed E-state index contributed by atoms with van der Waals surface area (Å²) in [5, 5.41) is 3.57. The maximum atomic E-state index is 11.6. The second-order valence-electron chi connectivity index (χ2n) is 3.75. The number of amides is 1. The fourth-order valence-electron chi connectivity index (χ4n) is 1.77. The summed E-state index contributed by atoms with van der Waals surface area (Å²) >= 11 is 6.14. The molecule has 0 saturated heterocycles. The van der Waals surface area contributed by atoms with Crippen molar-refractivity contribution in [2.45, 2.75) is 26.7 Å². The number of hydrogen-bond acceptors (Lipinski definition) is 2. The van der Waals surface area contributed by atoms with Crippen LogP contribution in [0.5, 0.6) is 0 Å². The van der Waals surface area contributed by atoms with Gasteiger partial charge in [-0.15, -0.1) is 0 Å². The second kappa shape index (κ2) is 6.62. The fourth-order valence-corrected chi connectivity index (χ4v) is 2.06. The SMILES string of the molecule is CCc1ccc(Cl)c(CC)c1NC(=O)COC. The third-order valence-electron chi connectivity index (χ3n) is 2.62. The van der Waals surface area contributed by atoms with Crippen molar-refractivity contribution in [3.63, 3.8) is 0 Å². The predicted octanol–water partition coefficient (Wildman–Crippen LogP) is 3.05. The van der Waals surface area contributed by atoms with Gasteiger partial charge in [-0.2, -0.15) is 0 Å². The Morgan fingerprint density at radius 2 is 2.06 bits per heavy atom. The number of nitrogens with one attached hydrogen (secondary N) is 1. The molecular formula is C13H18ClNO2. The molecule has 1 aromatic carbocycles. The summed E-state index contributed by atoms with van der Waals surface area (Å²) in [7, 11) is 1.50. The molecule has 4 heteroatoms. The zero-order chi connectivity index (χ0) is 12.8. The number of hydrogen-bond donors (Lipinski definition) is 1. The van der Waals surface area contributed by atoms with Gasteiger partial charge in [0, 0.05) is 17.8 Å². The third kappa shape index (κ3) is 3.45. The Labute approximate surface area is 107 Å². The first-order valence-corrected chi connectivity index (χ1v) is 6.10. The molecule has 0 fully saturated rings. The standard InChI is InChI=1S/C13H18ClNO2/c1-4-9-6-7-11(14)10(5-2)13(9)15-12(16)8-17-3/h6-7H,4-5,8H2,1-3H3,(H,15,16). The molecule has 0 radical (unpaired) electrons. The number of benzene rings is 1. The van der Waals surface area contributed by atoms with Crippen LogP contribution in [0.2, 0.25) is 5.02 Å². The molecule has 0 aliphatic heterocycles. The first-order chi connectivity index (χ1) is 8.13. The summed E-state index contributed by atoms with van der Waals surface area (Å²) in [6.07, 6.45) is 1.64. The molecular weight excluding hydrogens is 238 g/mol. The molecule has 1 N–H and O–H groups in total. The summed E-state index contributed by atoms with van der Waals surface area (Å²) < 4.78 is 4.81. The van der Waals surface area contributed by atoms with Crippen LogP contribution in [0.1, 0.15) is 25.0 Å². The number of methoxy groups -OCH3 is 1. The van der Waals surface area contributed by atoms with Gasteiger partial charge in [-0.3, -0.25) is 4.79 Å². The van der Waals surface area contributed by atoms with Gasteiger partial charge >= 0.3 is 0 Å². The molecule has 1 rings (SSSR count). The lowest BCUT2D eigenvalue weighted by atomic mass is 10.0. The lowest BCUT2D eigenvalue weighted by Gasteiger charge is -2.15. The molecule has 3 nitrogen and oxygen atoms in total. The highest BCUT2D eigenvalue weighted by Crippen LogP contribution is 2.29. The summed E-state index contributed by atoms with van der Waals surface area (Å²) in [4.78, 5) is 11.6. The third-order valence-corrected chi connectivity index (χ3v) is 2.97. The van der Waals surface area contributed by atoms with Crippen LogP contribution >= 0.6 is 11.6 Å². The average Bonchev–Trinajstić information content (AvgIpc) is 2.30. The fraction of sp³-hybridized carbons (Fsp3) is 0.462. The number of halogens is 1. The molecule has 94 valence electrons. The molecule has 0 aliphatic carbocycles. The van der Waals surface area contributed by atoms with Gasteiger partial charge in [0.15, 0.2) is 0 Å². The summed E-state index contributed by atoms with van der Waals surface area (Å²) in [5.41, 5.74) is 2.91. The van der Waals surface area contributed by atoms with Gasteiger partial charge in [-0.25, -0.2) is 0 Å². The van der Waals surface area contributed by atoms with E-state index in [1.165, 1.54) is 7.11 Å². The van der Waals surface area contributed by atoms with E-state index < -0.39 is 0 Å². The Balaban J connectivity index is 3.09. The van der Waals surface area contributed by atoms with E-state index in [0.29, 0.717) is 5.02 Å². The van der Waals surface area contributed by atoms with Crippen LogP contribution in [0.15, 0.2) is 12.1 Å². The monoisotopic (exact) mass is 255 g/mol. The van der Waals surface area contributed by atoms with E-state index in [1.54, 1.807) is 0 Å². The molecule has 1 amide bonds. The van der Waals surface area contributed by atoms with Crippen LogP contribution in [0.25, 0.3) is 0 Å². The Morgan fingerprint density at radius 3 is 2.59 bits per heavy atom. The van der Waals surface area contributed by atoms with E-state index in [1.807, 2.05) is 19.1 Å². The van der Waals surface area contributed by atoms with Crippen LogP contribution < -0.4 is 5.32 Å². The molecule has 0 saturated carbocycles. The first kappa shape index (κ1) is 14.0. The maximum Gasteiger partial charge on any atom is 0.250 e. The van der Waals surface area contributed by atoms with Crippen LogP contribution in [0.4, 0.5) is 5.69 Å². The zero-order valence-corrected chi connectivity index (χ0v) is 11.2. The van der Waals surface area contributed by atoms with Gasteiger partial charge in [-0.1, -0.05) is 31.5 Å². The van der Waals surface area contributed by atoms with Crippen molar-refractivity contribution >= 4 is 23.2 Å². The van der Waals surface area contributed by atoms with E-state index in [4.69, 9.17) is 16.3 Å². The van der Waals surface area contributed by atoms with E-state index in [-0.39, 0.29) is 12.5 Å². The van der Waals surface area contributed by atoms with Crippen LogP contribution in [0, 0.1) is 0 Å². The number of rotatable bonds is 5. The van der Waals surface area contributed by atoms with Gasteiger partial charge in [0.05, 0.1) is 0 Å². The van der Waals surface area contributed by atoms with Crippen molar-refractivity contribution in [1.29, 1.82) is 0 Å². The minimum atomic E-state index is -0.154. The smallest absolute Gasteiger partial charge is 0.250 e. The van der Waals surface area contributed by atoms with Crippen LogP contribution in [-0.4, -0.2) is 19.6 Å². The van der Waals surface area contributed by atoms with Crippen molar-refractivity contribution in [2.75, 3.05) is 19.0 Å².